The Morgan fingerprint density at radius 3 is 2.89 bits per heavy atom. The first-order valence-corrected chi connectivity index (χ1v) is 8.64. The molecule has 2 heterocycles. The van der Waals surface area contributed by atoms with Crippen molar-refractivity contribution in [2.45, 2.75) is 25.9 Å². The second-order valence-electron chi connectivity index (χ2n) is 6.63. The van der Waals surface area contributed by atoms with Crippen molar-refractivity contribution in [2.24, 2.45) is 0 Å². The zero-order valence-corrected chi connectivity index (χ0v) is 15.5. The average Bonchev–Trinajstić information content (AvgIpc) is 2.89. The minimum Gasteiger partial charge on any atom is -0.344 e. The highest BCUT2D eigenvalue weighted by Gasteiger charge is 2.43. The van der Waals surface area contributed by atoms with Gasteiger partial charge in [-0.05, 0) is 49.8 Å². The Balaban J connectivity index is 1.81. The zero-order valence-electron chi connectivity index (χ0n) is 15.5. The average molecular weight is 381 g/mol. The third-order valence-electron chi connectivity index (χ3n) is 4.35. The summed E-state index contributed by atoms with van der Waals surface area (Å²) < 4.78 is 13.5. The second kappa shape index (κ2) is 7.99. The molecule has 0 bridgehead atoms. The van der Waals surface area contributed by atoms with Crippen molar-refractivity contribution in [1.82, 2.24) is 20.2 Å². The number of amides is 2. The van der Waals surface area contributed by atoms with Crippen molar-refractivity contribution >= 4 is 18.1 Å². The van der Waals surface area contributed by atoms with Crippen LogP contribution in [0, 0.1) is 5.82 Å². The zero-order chi connectivity index (χ0) is 20.1. The van der Waals surface area contributed by atoms with E-state index in [1.165, 1.54) is 23.4 Å². The molecule has 1 saturated heterocycles. The third kappa shape index (κ3) is 4.22. The fourth-order valence-corrected chi connectivity index (χ4v) is 3.06. The molecule has 0 spiro atoms. The highest BCUT2D eigenvalue weighted by Crippen LogP contribution is 2.28. The molecule has 2 aromatic rings. The minimum atomic E-state index is -0.986. The lowest BCUT2D eigenvalue weighted by molar-refractivity contribution is -0.120. The Hall–Kier alpha value is -3.55. The fraction of sp³-hybridized carbons (Fsp3) is 0.200. The predicted octanol–water partition coefficient (Wildman–Crippen LogP) is 2.36. The maximum absolute atomic E-state index is 13.5. The van der Waals surface area contributed by atoms with E-state index in [1.54, 1.807) is 43.5 Å². The molecule has 3 rings (SSSR count). The smallest absolute Gasteiger partial charge is 0.269 e. The maximum atomic E-state index is 13.5. The van der Waals surface area contributed by atoms with E-state index in [2.05, 4.69) is 20.6 Å². The number of anilines is 1. The van der Waals surface area contributed by atoms with Crippen molar-refractivity contribution in [1.29, 1.82) is 0 Å². The van der Waals surface area contributed by atoms with E-state index >= 15 is 0 Å². The first kappa shape index (κ1) is 19.2. The molecule has 1 aromatic carbocycles. The van der Waals surface area contributed by atoms with Gasteiger partial charge < -0.3 is 10.6 Å². The summed E-state index contributed by atoms with van der Waals surface area (Å²) in [6.07, 6.45) is 7.14. The van der Waals surface area contributed by atoms with Gasteiger partial charge in [-0.15, -0.1) is 0 Å². The molecule has 1 fully saturated rings. The van der Waals surface area contributed by atoms with E-state index in [0.29, 0.717) is 17.8 Å². The van der Waals surface area contributed by atoms with Gasteiger partial charge >= 0.3 is 0 Å². The normalized spacial score (nSPS) is 21.0. The van der Waals surface area contributed by atoms with Gasteiger partial charge in [-0.3, -0.25) is 14.5 Å². The summed E-state index contributed by atoms with van der Waals surface area (Å²) in [4.78, 5) is 33.4. The number of carbonyl (C=O) groups excluding carboxylic acids is 2. The monoisotopic (exact) mass is 381 g/mol. The molecule has 0 saturated carbocycles. The van der Waals surface area contributed by atoms with Crippen LogP contribution in [-0.2, 0) is 16.0 Å². The van der Waals surface area contributed by atoms with E-state index in [4.69, 9.17) is 0 Å². The predicted molar refractivity (Wildman–Crippen MR) is 102 cm³/mol. The van der Waals surface area contributed by atoms with Gasteiger partial charge in [0.15, 0.2) is 0 Å². The van der Waals surface area contributed by atoms with Crippen molar-refractivity contribution < 1.29 is 14.0 Å². The largest absolute Gasteiger partial charge is 0.344 e. The summed E-state index contributed by atoms with van der Waals surface area (Å²) in [5.74, 6) is -0.133. The minimum absolute atomic E-state index is 0.206. The molecule has 1 atom stereocenters. The van der Waals surface area contributed by atoms with Crippen molar-refractivity contribution in [3.8, 4) is 0 Å². The van der Waals surface area contributed by atoms with Crippen molar-refractivity contribution in [3.63, 3.8) is 0 Å². The Labute approximate surface area is 162 Å². The first-order valence-electron chi connectivity index (χ1n) is 8.64. The fourth-order valence-electron chi connectivity index (χ4n) is 3.06. The summed E-state index contributed by atoms with van der Waals surface area (Å²) in [5, 5.41) is 5.88. The number of aromatic nitrogens is 2. The lowest BCUT2D eigenvalue weighted by atomic mass is 10.0. The summed E-state index contributed by atoms with van der Waals surface area (Å²) in [7, 11) is 0. The molecule has 2 N–H and O–H groups in total. The summed E-state index contributed by atoms with van der Waals surface area (Å²) in [6, 6.07) is 7.79. The molecule has 1 unspecified atom stereocenters. The molecule has 0 aliphatic carbocycles. The van der Waals surface area contributed by atoms with Gasteiger partial charge in [-0.1, -0.05) is 12.1 Å². The second-order valence-corrected chi connectivity index (χ2v) is 6.63. The highest BCUT2D eigenvalue weighted by atomic mass is 19.1. The van der Waals surface area contributed by atoms with Gasteiger partial charge in [0.1, 0.15) is 29.3 Å². The number of halogens is 1. The van der Waals surface area contributed by atoms with Crippen LogP contribution in [0.15, 0.2) is 66.4 Å². The van der Waals surface area contributed by atoms with E-state index in [0.717, 1.165) is 5.70 Å². The van der Waals surface area contributed by atoms with Crippen LogP contribution in [0.3, 0.4) is 0 Å². The molecule has 7 nitrogen and oxygen atoms in total. The van der Waals surface area contributed by atoms with Gasteiger partial charge in [0.2, 0.25) is 6.41 Å². The summed E-state index contributed by atoms with van der Waals surface area (Å²) >= 11 is 0. The molecule has 2 amide bonds. The molecule has 28 heavy (non-hydrogen) atoms. The molecule has 0 radical (unpaired) electrons. The molecule has 1 aromatic heterocycles. The van der Waals surface area contributed by atoms with Crippen LogP contribution in [0.5, 0.6) is 0 Å². The third-order valence-corrected chi connectivity index (χ3v) is 4.35. The summed E-state index contributed by atoms with van der Waals surface area (Å²) in [5.41, 5.74) is 0.620. The van der Waals surface area contributed by atoms with Gasteiger partial charge in [-0.25, -0.2) is 14.4 Å². The van der Waals surface area contributed by atoms with Crippen LogP contribution in [0.2, 0.25) is 0 Å². The Morgan fingerprint density at radius 2 is 2.21 bits per heavy atom. The van der Waals surface area contributed by atoms with Gasteiger partial charge in [0.05, 0.1) is 0 Å². The van der Waals surface area contributed by atoms with Crippen LogP contribution in [-0.4, -0.2) is 32.8 Å². The quantitative estimate of drug-likeness (QED) is 0.593. The molecule has 1 aliphatic heterocycles. The van der Waals surface area contributed by atoms with E-state index in [1.807, 2.05) is 6.92 Å². The Kier molecular flexibility index (Phi) is 5.49. The van der Waals surface area contributed by atoms with Crippen LogP contribution in [0.25, 0.3) is 0 Å². The molecule has 8 heteroatoms. The molecule has 1 aliphatic rings. The van der Waals surface area contributed by atoms with Crippen molar-refractivity contribution in [3.05, 3.63) is 77.8 Å². The van der Waals surface area contributed by atoms with Crippen LogP contribution >= 0.6 is 0 Å². The van der Waals surface area contributed by atoms with Crippen molar-refractivity contribution in [2.75, 3.05) is 5.32 Å². The Morgan fingerprint density at radius 1 is 1.39 bits per heavy atom. The van der Waals surface area contributed by atoms with Crippen LogP contribution in [0.4, 0.5) is 10.2 Å². The van der Waals surface area contributed by atoms with Gasteiger partial charge in [0.25, 0.3) is 5.91 Å². The number of nitrogens with zero attached hydrogens (tertiary/aromatic N) is 3. The molecular weight excluding hydrogens is 361 g/mol. The van der Waals surface area contributed by atoms with Crippen LogP contribution < -0.4 is 10.6 Å². The van der Waals surface area contributed by atoms with Gasteiger partial charge in [-0.2, -0.15) is 0 Å². The number of benzene rings is 1. The standard InChI is InChI=1S/C20H20FN5O2/c1-14(24-18-8-9-22-12-23-18)6-7-17-19(28)25-20(2,26(17)13-27)11-15-4-3-5-16(21)10-15/h3-10,12-13H,11H2,1-2H3,(H,25,28)(H,22,23,24)/b14-6+,17-7-. The topological polar surface area (TPSA) is 87.2 Å². The maximum Gasteiger partial charge on any atom is 0.269 e. The number of hydrogen-bond donors (Lipinski definition) is 2. The number of allylic oxidation sites excluding steroid dienone is 3. The summed E-state index contributed by atoms with van der Waals surface area (Å²) in [6.45, 7) is 3.53. The van der Waals surface area contributed by atoms with E-state index in [9.17, 15) is 14.0 Å². The number of rotatable bonds is 6. The number of hydrogen-bond acceptors (Lipinski definition) is 5. The SMILES string of the molecule is C/C(=C\C=C1\C(=O)NC(C)(Cc2cccc(F)c2)N1C=O)Nc1ccncn1. The molecule has 144 valence electrons. The first-order chi connectivity index (χ1) is 13.4. The number of nitrogens with one attached hydrogen (secondary N) is 2. The lowest BCUT2D eigenvalue weighted by Crippen LogP contribution is -2.50. The van der Waals surface area contributed by atoms with Crippen LogP contribution in [0.1, 0.15) is 19.4 Å². The molecular formula is C20H20FN5O2. The van der Waals surface area contributed by atoms with E-state index in [-0.39, 0.29) is 23.8 Å². The van der Waals surface area contributed by atoms with Gasteiger partial charge in [0, 0.05) is 18.3 Å². The highest BCUT2D eigenvalue weighted by molar-refractivity contribution is 5.98. The van der Waals surface area contributed by atoms with E-state index < -0.39 is 5.66 Å². The Bertz CT molecular complexity index is 945. The lowest BCUT2D eigenvalue weighted by Gasteiger charge is -2.31. The number of carbonyl (C=O) groups is 2.